The number of alkyl halides is 3. The highest BCUT2D eigenvalue weighted by molar-refractivity contribution is 7.92. The summed E-state index contributed by atoms with van der Waals surface area (Å²) in [7, 11) is -3.77. The second kappa shape index (κ2) is 10.3. The summed E-state index contributed by atoms with van der Waals surface area (Å²) in [6.45, 7) is 6.87. The van der Waals surface area contributed by atoms with E-state index in [4.69, 9.17) is 0 Å². The summed E-state index contributed by atoms with van der Waals surface area (Å²) in [4.78, 5) is 31.2. The molecule has 208 valence electrons. The van der Waals surface area contributed by atoms with Crippen LogP contribution >= 0.6 is 0 Å². The highest BCUT2D eigenvalue weighted by atomic mass is 32.2. The van der Waals surface area contributed by atoms with Crippen molar-refractivity contribution in [2.24, 2.45) is 5.92 Å². The number of fused-ring (bicyclic) bond motifs is 1. The van der Waals surface area contributed by atoms with Gasteiger partial charge >= 0.3 is 6.18 Å². The molecule has 0 saturated carbocycles. The smallest absolute Gasteiger partial charge is 0.416 e. The van der Waals surface area contributed by atoms with Gasteiger partial charge in [0.25, 0.3) is 0 Å². The van der Waals surface area contributed by atoms with E-state index in [-0.39, 0.29) is 68.9 Å². The Kier molecular flexibility index (Phi) is 7.61. The molecule has 2 unspecified atom stereocenters. The maximum absolute atomic E-state index is 13.5. The van der Waals surface area contributed by atoms with Gasteiger partial charge in [-0.25, -0.2) is 13.4 Å². The van der Waals surface area contributed by atoms with Gasteiger partial charge in [0, 0.05) is 53.5 Å². The molecule has 0 aliphatic carbocycles. The number of nitrogens with zero attached hydrogens (tertiary/aromatic N) is 2. The predicted molar refractivity (Wildman–Crippen MR) is 137 cm³/mol. The number of likely N-dealkylation sites (tertiary alicyclic amines) is 1. The number of pyridine rings is 1. The summed E-state index contributed by atoms with van der Waals surface area (Å²) >= 11 is 0. The maximum atomic E-state index is 13.5. The topological polar surface area (TPSA) is 107 Å². The maximum Gasteiger partial charge on any atom is 0.416 e. The molecule has 39 heavy (non-hydrogen) atoms. The summed E-state index contributed by atoms with van der Waals surface area (Å²) in [6.07, 6.45) is -4.40. The van der Waals surface area contributed by atoms with Gasteiger partial charge in [-0.2, -0.15) is 13.2 Å². The van der Waals surface area contributed by atoms with Crippen LogP contribution in [-0.2, 0) is 27.4 Å². The van der Waals surface area contributed by atoms with Crippen molar-refractivity contribution < 1.29 is 36.3 Å². The number of aromatic nitrogens is 1. The average Bonchev–Trinajstić information content (AvgIpc) is 2.87. The Labute approximate surface area is 224 Å². The van der Waals surface area contributed by atoms with Crippen molar-refractivity contribution in [2.75, 3.05) is 6.54 Å². The number of benzene rings is 2. The molecular weight excluding hydrogens is 533 g/mol. The lowest BCUT2D eigenvalue weighted by Gasteiger charge is -2.37. The van der Waals surface area contributed by atoms with E-state index >= 15 is 0 Å². The van der Waals surface area contributed by atoms with Gasteiger partial charge in [0.05, 0.1) is 32.9 Å². The summed E-state index contributed by atoms with van der Waals surface area (Å²) in [5.74, 6) is -1.88. The zero-order valence-electron chi connectivity index (χ0n) is 21.9. The predicted octanol–water partition coefficient (Wildman–Crippen LogP) is 4.27. The fourth-order valence-corrected chi connectivity index (χ4v) is 5.98. The third kappa shape index (κ3) is 5.42. The van der Waals surface area contributed by atoms with Crippen LogP contribution in [0.2, 0.25) is 0 Å². The van der Waals surface area contributed by atoms with E-state index in [2.05, 4.69) is 4.98 Å². The molecule has 0 spiro atoms. The average molecular weight is 562 g/mol. The van der Waals surface area contributed by atoms with Gasteiger partial charge in [-0.15, -0.1) is 0 Å². The van der Waals surface area contributed by atoms with E-state index in [1.807, 2.05) is 11.8 Å². The van der Waals surface area contributed by atoms with E-state index in [0.717, 1.165) is 12.1 Å². The quantitative estimate of drug-likeness (QED) is 0.443. The molecule has 11 heteroatoms. The van der Waals surface area contributed by atoms with Crippen molar-refractivity contribution in [2.45, 2.75) is 63.0 Å². The number of carbonyl (C=O) groups is 2. The van der Waals surface area contributed by atoms with Crippen LogP contribution in [0.4, 0.5) is 13.2 Å². The summed E-state index contributed by atoms with van der Waals surface area (Å²) in [5, 5.41) is 11.9. The first kappa shape index (κ1) is 28.7. The van der Waals surface area contributed by atoms with Crippen LogP contribution in [-0.4, -0.2) is 47.9 Å². The van der Waals surface area contributed by atoms with Crippen molar-refractivity contribution in [3.8, 4) is 11.3 Å². The molecule has 7 nitrogen and oxygen atoms in total. The van der Waals surface area contributed by atoms with E-state index in [1.54, 1.807) is 6.92 Å². The van der Waals surface area contributed by atoms with Crippen LogP contribution in [0.15, 0.2) is 47.4 Å². The van der Waals surface area contributed by atoms with E-state index in [1.165, 1.54) is 44.2 Å². The largest absolute Gasteiger partial charge is 0.545 e. The van der Waals surface area contributed by atoms with Crippen molar-refractivity contribution in [3.05, 3.63) is 59.2 Å². The summed E-state index contributed by atoms with van der Waals surface area (Å²) < 4.78 is 66.4. The molecule has 1 fully saturated rings. The van der Waals surface area contributed by atoms with E-state index in [0.29, 0.717) is 6.54 Å². The summed E-state index contributed by atoms with van der Waals surface area (Å²) in [6, 6.07) is 8.05. The molecule has 1 aromatic heterocycles. The van der Waals surface area contributed by atoms with Crippen molar-refractivity contribution in [3.63, 3.8) is 0 Å². The van der Waals surface area contributed by atoms with Gasteiger partial charge in [0.2, 0.25) is 0 Å². The molecule has 1 aliphatic heterocycles. The first-order chi connectivity index (χ1) is 18.1. The SMILES string of the molecule is CC1C(=O)CCN(Cc2c(-c3cccc(C(F)(F)F)c3)nc3ccc(S(=O)(=O)C(C)C)cc3c2C(=O)[O-])C1C. The fraction of sp³-hybridized carbons (Fsp3) is 0.393. The zero-order valence-corrected chi connectivity index (χ0v) is 22.7. The van der Waals surface area contributed by atoms with Crippen LogP contribution in [0.25, 0.3) is 22.2 Å². The lowest BCUT2D eigenvalue weighted by atomic mass is 9.89. The molecule has 1 saturated heterocycles. The normalized spacial score (nSPS) is 19.1. The lowest BCUT2D eigenvalue weighted by molar-refractivity contribution is -0.254. The fourth-order valence-electron chi connectivity index (χ4n) is 4.90. The molecule has 1 aliphatic rings. The number of carbonyl (C=O) groups excluding carboxylic acids is 2. The Balaban J connectivity index is 2.03. The number of carboxylic acids is 1. The molecule has 4 rings (SSSR count). The van der Waals surface area contributed by atoms with E-state index < -0.39 is 32.8 Å². The molecule has 2 heterocycles. The Morgan fingerprint density at radius 2 is 1.85 bits per heavy atom. The summed E-state index contributed by atoms with van der Waals surface area (Å²) in [5.41, 5.74) is -1.00. The molecule has 0 N–H and O–H groups in total. The van der Waals surface area contributed by atoms with Gasteiger partial charge in [0.1, 0.15) is 5.78 Å². The van der Waals surface area contributed by atoms with Gasteiger partial charge in [-0.3, -0.25) is 9.69 Å². The van der Waals surface area contributed by atoms with Gasteiger partial charge in [0.15, 0.2) is 9.84 Å². The van der Waals surface area contributed by atoms with E-state index in [9.17, 15) is 36.3 Å². The number of hydrogen-bond donors (Lipinski definition) is 0. The Hall–Kier alpha value is -3.31. The molecule has 0 amide bonds. The highest BCUT2D eigenvalue weighted by Crippen LogP contribution is 2.37. The Morgan fingerprint density at radius 1 is 1.15 bits per heavy atom. The Morgan fingerprint density at radius 3 is 2.46 bits per heavy atom. The third-order valence-electron chi connectivity index (χ3n) is 7.49. The molecular formula is C28H28F3N2O5S-. The van der Waals surface area contributed by atoms with Gasteiger partial charge < -0.3 is 9.90 Å². The first-order valence-electron chi connectivity index (χ1n) is 12.5. The van der Waals surface area contributed by atoms with Crippen LogP contribution in [0.3, 0.4) is 0 Å². The van der Waals surface area contributed by atoms with Crippen LogP contribution in [0.1, 0.15) is 55.6 Å². The first-order valence-corrected chi connectivity index (χ1v) is 14.0. The number of ketones is 1. The number of sulfone groups is 1. The minimum atomic E-state index is -4.64. The molecule has 2 aromatic carbocycles. The highest BCUT2D eigenvalue weighted by Gasteiger charge is 2.34. The van der Waals surface area contributed by atoms with Crippen molar-refractivity contribution in [1.82, 2.24) is 9.88 Å². The van der Waals surface area contributed by atoms with Gasteiger partial charge in [-0.1, -0.05) is 19.1 Å². The lowest BCUT2D eigenvalue weighted by Crippen LogP contribution is -2.46. The standard InChI is InChI=1S/C28H29F3N2O5S/c1-15(2)39(37,38)20-8-9-23-21(13-20)25(27(35)36)22(14-33-11-10-24(34)16(3)17(33)4)26(32-23)18-6-5-7-19(12-18)28(29,30)31/h5-9,12-13,15-17H,10-11,14H2,1-4H3,(H,35,36)/p-1. The Bertz CT molecular complexity index is 1570. The van der Waals surface area contributed by atoms with Crippen LogP contribution in [0, 0.1) is 5.92 Å². The van der Waals surface area contributed by atoms with Crippen molar-refractivity contribution in [1.29, 1.82) is 0 Å². The molecule has 0 bridgehead atoms. The van der Waals surface area contributed by atoms with Crippen LogP contribution in [0.5, 0.6) is 0 Å². The zero-order chi connectivity index (χ0) is 28.9. The number of piperidine rings is 1. The number of Topliss-reactive ketones (excluding diaryl/α,β-unsaturated/α-hetero) is 1. The van der Waals surface area contributed by atoms with Crippen molar-refractivity contribution >= 4 is 32.5 Å². The number of halogens is 3. The molecule has 0 radical (unpaired) electrons. The minimum absolute atomic E-state index is 0.0104. The second-order valence-electron chi connectivity index (χ2n) is 10.2. The molecule has 2 atom stereocenters. The van der Waals surface area contributed by atoms with Gasteiger partial charge in [-0.05, 0) is 51.1 Å². The number of rotatable bonds is 6. The third-order valence-corrected chi connectivity index (χ3v) is 9.64. The second-order valence-corrected chi connectivity index (χ2v) is 12.7. The monoisotopic (exact) mass is 561 g/mol. The van der Waals surface area contributed by atoms with Crippen LogP contribution < -0.4 is 5.11 Å². The molecule has 3 aromatic rings. The number of carboxylic acid groups (broad SMARTS) is 1. The number of hydrogen-bond acceptors (Lipinski definition) is 7. The minimum Gasteiger partial charge on any atom is -0.545 e. The number of aromatic carboxylic acids is 1.